The third-order valence-electron chi connectivity index (χ3n) is 4.29. The molecule has 1 heterocycles. The number of aromatic hydroxyl groups is 1. The molecule has 1 aromatic heterocycles. The van der Waals surface area contributed by atoms with Crippen molar-refractivity contribution in [1.29, 1.82) is 0 Å². The molecule has 0 spiro atoms. The zero-order valence-electron chi connectivity index (χ0n) is 16.9. The van der Waals surface area contributed by atoms with E-state index in [1.165, 1.54) is 32.6 Å². The minimum absolute atomic E-state index is 0.0553. The van der Waals surface area contributed by atoms with Gasteiger partial charge in [0.25, 0.3) is 0 Å². The van der Waals surface area contributed by atoms with Gasteiger partial charge in [-0.2, -0.15) is 0 Å². The van der Waals surface area contributed by atoms with Crippen molar-refractivity contribution < 1.29 is 28.5 Å². The van der Waals surface area contributed by atoms with Gasteiger partial charge in [0.2, 0.25) is 16.9 Å². The van der Waals surface area contributed by atoms with Gasteiger partial charge in [0.05, 0.1) is 21.3 Å². The molecular formula is C23H22O7. The molecule has 156 valence electrons. The molecule has 0 aliphatic carbocycles. The second-order valence-corrected chi connectivity index (χ2v) is 6.26. The van der Waals surface area contributed by atoms with Crippen LogP contribution in [0.1, 0.15) is 16.9 Å². The van der Waals surface area contributed by atoms with E-state index in [0.29, 0.717) is 17.1 Å². The van der Waals surface area contributed by atoms with Crippen LogP contribution in [0, 0.1) is 0 Å². The summed E-state index contributed by atoms with van der Waals surface area (Å²) in [7, 11) is 4.52. The highest BCUT2D eigenvalue weighted by molar-refractivity contribution is 5.71. The summed E-state index contributed by atoms with van der Waals surface area (Å²) in [6, 6.07) is 11.9. The molecule has 2 aromatic carbocycles. The van der Waals surface area contributed by atoms with Gasteiger partial charge in [-0.05, 0) is 41.5 Å². The monoisotopic (exact) mass is 410 g/mol. The first kappa shape index (κ1) is 20.9. The van der Waals surface area contributed by atoms with Gasteiger partial charge in [-0.25, -0.2) is 0 Å². The van der Waals surface area contributed by atoms with Crippen molar-refractivity contribution in [3.05, 3.63) is 75.8 Å². The van der Waals surface area contributed by atoms with E-state index in [-0.39, 0.29) is 29.3 Å². The Morgan fingerprint density at radius 2 is 1.70 bits per heavy atom. The van der Waals surface area contributed by atoms with Crippen molar-refractivity contribution in [1.82, 2.24) is 0 Å². The predicted octanol–water partition coefficient (Wildman–Crippen LogP) is 4.12. The van der Waals surface area contributed by atoms with E-state index in [0.717, 1.165) is 11.3 Å². The van der Waals surface area contributed by atoms with E-state index in [4.69, 9.17) is 23.4 Å². The van der Waals surface area contributed by atoms with E-state index in [1.807, 2.05) is 24.3 Å². The average molecular weight is 410 g/mol. The first-order valence-electron chi connectivity index (χ1n) is 9.05. The third-order valence-corrected chi connectivity index (χ3v) is 4.29. The molecule has 1 N–H and O–H groups in total. The maximum absolute atomic E-state index is 12.3. The quantitative estimate of drug-likeness (QED) is 0.598. The number of phenols is 1. The molecule has 0 aliphatic rings. The molecule has 0 aliphatic heterocycles. The summed E-state index contributed by atoms with van der Waals surface area (Å²) in [6.45, 7) is 0.231. The Morgan fingerprint density at radius 3 is 2.33 bits per heavy atom. The Hall–Kier alpha value is -3.87. The van der Waals surface area contributed by atoms with Crippen LogP contribution in [0.3, 0.4) is 0 Å². The predicted molar refractivity (Wildman–Crippen MR) is 112 cm³/mol. The van der Waals surface area contributed by atoms with Crippen LogP contribution in [0.2, 0.25) is 0 Å². The number of hydrogen-bond acceptors (Lipinski definition) is 7. The lowest BCUT2D eigenvalue weighted by atomic mass is 10.1. The number of methoxy groups -OCH3 is 3. The summed E-state index contributed by atoms with van der Waals surface area (Å²) in [5.41, 5.74) is 1.24. The Labute approximate surface area is 173 Å². The summed E-state index contributed by atoms with van der Waals surface area (Å²) < 4.78 is 26.4. The second-order valence-electron chi connectivity index (χ2n) is 6.26. The summed E-state index contributed by atoms with van der Waals surface area (Å²) in [5, 5.41) is 10.0. The maximum Gasteiger partial charge on any atom is 0.227 e. The molecule has 0 fully saturated rings. The van der Waals surface area contributed by atoms with Crippen molar-refractivity contribution in [2.45, 2.75) is 6.61 Å². The molecule has 0 saturated heterocycles. The van der Waals surface area contributed by atoms with Crippen LogP contribution in [0.25, 0.3) is 12.2 Å². The summed E-state index contributed by atoms with van der Waals surface area (Å²) >= 11 is 0. The molecule has 0 atom stereocenters. The largest absolute Gasteiger partial charge is 0.504 e. The van der Waals surface area contributed by atoms with Gasteiger partial charge in [0.1, 0.15) is 24.4 Å². The molecule has 3 rings (SSSR count). The van der Waals surface area contributed by atoms with E-state index in [2.05, 4.69) is 0 Å². The van der Waals surface area contributed by atoms with Gasteiger partial charge >= 0.3 is 0 Å². The molecule has 0 radical (unpaired) electrons. The molecule has 7 heteroatoms. The lowest BCUT2D eigenvalue weighted by Crippen LogP contribution is -2.07. The highest BCUT2D eigenvalue weighted by Crippen LogP contribution is 2.37. The van der Waals surface area contributed by atoms with Crippen molar-refractivity contribution in [3.63, 3.8) is 0 Å². The third kappa shape index (κ3) is 4.94. The molecule has 30 heavy (non-hydrogen) atoms. The highest BCUT2D eigenvalue weighted by Gasteiger charge is 2.10. The SMILES string of the molecule is COc1ccc(COc2coc(/C=C/c3cc(O)c(OC)c(OC)c3)cc2=O)cc1. The number of ether oxygens (including phenoxy) is 4. The van der Waals surface area contributed by atoms with Crippen molar-refractivity contribution in [3.8, 4) is 28.7 Å². The summed E-state index contributed by atoms with van der Waals surface area (Å²) in [6.07, 6.45) is 4.56. The number of phenolic OH excluding ortho intramolecular Hbond substituents is 1. The zero-order chi connectivity index (χ0) is 21.5. The Balaban J connectivity index is 1.70. The van der Waals surface area contributed by atoms with E-state index >= 15 is 0 Å². The maximum atomic E-state index is 12.3. The van der Waals surface area contributed by atoms with Gasteiger partial charge in [0, 0.05) is 6.07 Å². The van der Waals surface area contributed by atoms with E-state index < -0.39 is 0 Å². The Bertz CT molecular complexity index is 1080. The number of benzene rings is 2. The van der Waals surface area contributed by atoms with Gasteiger partial charge in [0.15, 0.2) is 11.5 Å². The number of hydrogen-bond donors (Lipinski definition) is 1. The standard InChI is InChI=1S/C23H22O7/c1-26-17-7-4-15(5-8-17)13-30-22-14-29-18(12-19(22)24)9-6-16-10-20(25)23(28-3)21(11-16)27-2/h4-12,14,25H,13H2,1-3H3/b9-6+. The molecule has 0 unspecified atom stereocenters. The lowest BCUT2D eigenvalue weighted by Gasteiger charge is -2.10. The van der Waals surface area contributed by atoms with Crippen molar-refractivity contribution >= 4 is 12.2 Å². The molecule has 3 aromatic rings. The van der Waals surface area contributed by atoms with Crippen LogP contribution in [-0.2, 0) is 6.61 Å². The smallest absolute Gasteiger partial charge is 0.227 e. The lowest BCUT2D eigenvalue weighted by molar-refractivity contribution is 0.291. The van der Waals surface area contributed by atoms with Gasteiger partial charge in [-0.3, -0.25) is 4.79 Å². The molecule has 0 amide bonds. The van der Waals surface area contributed by atoms with E-state index in [9.17, 15) is 9.90 Å². The van der Waals surface area contributed by atoms with Crippen LogP contribution >= 0.6 is 0 Å². The molecule has 7 nitrogen and oxygen atoms in total. The Morgan fingerprint density at radius 1 is 0.933 bits per heavy atom. The highest BCUT2D eigenvalue weighted by atomic mass is 16.5. The fraction of sp³-hybridized carbons (Fsp3) is 0.174. The first-order valence-corrected chi connectivity index (χ1v) is 9.05. The minimum atomic E-state index is -0.301. The topological polar surface area (TPSA) is 87.4 Å². The molecule has 0 saturated carbocycles. The van der Waals surface area contributed by atoms with Crippen LogP contribution in [-0.4, -0.2) is 26.4 Å². The van der Waals surface area contributed by atoms with Crippen LogP contribution < -0.4 is 24.4 Å². The minimum Gasteiger partial charge on any atom is -0.504 e. The number of rotatable bonds is 8. The molecule has 0 bridgehead atoms. The Kier molecular flexibility index (Phi) is 6.64. The zero-order valence-corrected chi connectivity index (χ0v) is 16.9. The van der Waals surface area contributed by atoms with Crippen LogP contribution in [0.4, 0.5) is 0 Å². The second kappa shape index (κ2) is 9.56. The summed E-state index contributed by atoms with van der Waals surface area (Å²) in [5.74, 6) is 1.79. The fourth-order valence-corrected chi connectivity index (χ4v) is 2.73. The summed E-state index contributed by atoms with van der Waals surface area (Å²) in [4.78, 5) is 12.3. The van der Waals surface area contributed by atoms with Crippen molar-refractivity contribution in [2.75, 3.05) is 21.3 Å². The normalized spacial score (nSPS) is 10.8. The average Bonchev–Trinajstić information content (AvgIpc) is 2.77. The van der Waals surface area contributed by atoms with Gasteiger partial charge < -0.3 is 28.5 Å². The van der Waals surface area contributed by atoms with Crippen molar-refractivity contribution in [2.24, 2.45) is 0 Å². The van der Waals surface area contributed by atoms with Gasteiger partial charge in [-0.15, -0.1) is 0 Å². The fourth-order valence-electron chi connectivity index (χ4n) is 2.73. The molecular weight excluding hydrogens is 388 g/mol. The van der Waals surface area contributed by atoms with E-state index in [1.54, 1.807) is 25.3 Å². The van der Waals surface area contributed by atoms with Crippen LogP contribution in [0.15, 0.2) is 57.9 Å². The van der Waals surface area contributed by atoms with Gasteiger partial charge in [-0.1, -0.05) is 18.2 Å². The first-order chi connectivity index (χ1) is 14.5. The van der Waals surface area contributed by atoms with Crippen LogP contribution in [0.5, 0.6) is 28.7 Å².